The van der Waals surface area contributed by atoms with Gasteiger partial charge < -0.3 is 9.67 Å². The summed E-state index contributed by atoms with van der Waals surface area (Å²) in [4.78, 5) is 26.2. The van der Waals surface area contributed by atoms with Gasteiger partial charge in [0.05, 0.1) is 0 Å². The Morgan fingerprint density at radius 3 is 2.94 bits per heavy atom. The van der Waals surface area contributed by atoms with Crippen LogP contribution in [0.4, 0.5) is 0 Å². The first kappa shape index (κ1) is 12.3. The lowest BCUT2D eigenvalue weighted by molar-refractivity contribution is -0.144. The van der Waals surface area contributed by atoms with E-state index in [-0.39, 0.29) is 0 Å². The maximum Gasteiger partial charge on any atom is 0.332 e. The molecule has 1 aromatic heterocycles. The zero-order valence-electron chi connectivity index (χ0n) is 8.97. The molecule has 0 aliphatic rings. The summed E-state index contributed by atoms with van der Waals surface area (Å²) in [5.74, 6) is -1.58. The van der Waals surface area contributed by atoms with Gasteiger partial charge in [0, 0.05) is 12.7 Å². The predicted molar refractivity (Wildman–Crippen MR) is 55.8 cm³/mol. The van der Waals surface area contributed by atoms with Crippen LogP contribution in [0.25, 0.3) is 0 Å². The molecule has 0 saturated carbocycles. The molecule has 2 N–H and O–H groups in total. The third-order valence-electron chi connectivity index (χ3n) is 1.89. The molecule has 0 unspecified atom stereocenters. The Hall–Kier alpha value is -1.82. The van der Waals surface area contributed by atoms with Gasteiger partial charge in [0.2, 0.25) is 0 Å². The molecule has 1 rings (SSSR count). The highest BCUT2D eigenvalue weighted by molar-refractivity contribution is 5.92. The van der Waals surface area contributed by atoms with Gasteiger partial charge in [-0.25, -0.2) is 10.3 Å². The summed E-state index contributed by atoms with van der Waals surface area (Å²) in [5, 5.41) is 8.31. The monoisotopic (exact) mass is 226 g/mol. The minimum absolute atomic E-state index is 0.445. The normalized spacial score (nSPS) is 10.1. The SMILES string of the molecule is CCCn1cccc1C(=O)NOCC(=O)O. The fourth-order valence-electron chi connectivity index (χ4n) is 1.27. The van der Waals surface area contributed by atoms with E-state index < -0.39 is 18.5 Å². The van der Waals surface area contributed by atoms with E-state index >= 15 is 0 Å². The van der Waals surface area contributed by atoms with Crippen molar-refractivity contribution in [2.75, 3.05) is 6.61 Å². The number of nitrogens with zero attached hydrogens (tertiary/aromatic N) is 1. The quantitative estimate of drug-likeness (QED) is 0.698. The van der Waals surface area contributed by atoms with E-state index in [1.54, 1.807) is 22.9 Å². The summed E-state index contributed by atoms with van der Waals surface area (Å²) in [6.45, 7) is 2.18. The third-order valence-corrected chi connectivity index (χ3v) is 1.89. The molecule has 6 heteroatoms. The lowest BCUT2D eigenvalue weighted by Gasteiger charge is -2.07. The molecule has 0 fully saturated rings. The Balaban J connectivity index is 2.52. The summed E-state index contributed by atoms with van der Waals surface area (Å²) >= 11 is 0. The molecule has 0 spiro atoms. The van der Waals surface area contributed by atoms with Crippen LogP contribution in [0.15, 0.2) is 18.3 Å². The summed E-state index contributed by atoms with van der Waals surface area (Å²) in [7, 11) is 0. The van der Waals surface area contributed by atoms with Crippen molar-refractivity contribution in [2.24, 2.45) is 0 Å². The van der Waals surface area contributed by atoms with Crippen LogP contribution >= 0.6 is 0 Å². The van der Waals surface area contributed by atoms with Gasteiger partial charge in [-0.3, -0.25) is 9.63 Å². The van der Waals surface area contributed by atoms with E-state index in [0.29, 0.717) is 5.69 Å². The zero-order valence-corrected chi connectivity index (χ0v) is 8.97. The third kappa shape index (κ3) is 3.39. The molecule has 6 nitrogen and oxygen atoms in total. The number of aromatic nitrogens is 1. The lowest BCUT2D eigenvalue weighted by Crippen LogP contribution is -2.28. The number of aliphatic carboxylic acids is 1. The number of rotatable bonds is 6. The topological polar surface area (TPSA) is 80.6 Å². The standard InChI is InChI=1S/C10H14N2O4/c1-2-5-12-6-3-4-8(12)10(15)11-16-7-9(13)14/h3-4,6H,2,5,7H2,1H3,(H,11,15)(H,13,14). The van der Waals surface area contributed by atoms with E-state index in [9.17, 15) is 9.59 Å². The van der Waals surface area contributed by atoms with Crippen LogP contribution in [0.3, 0.4) is 0 Å². The van der Waals surface area contributed by atoms with Gasteiger partial charge in [-0.1, -0.05) is 6.92 Å². The largest absolute Gasteiger partial charge is 0.479 e. The van der Waals surface area contributed by atoms with E-state index in [1.807, 2.05) is 6.92 Å². The second kappa shape index (κ2) is 5.92. The van der Waals surface area contributed by atoms with Gasteiger partial charge in [-0.15, -0.1) is 0 Å². The van der Waals surface area contributed by atoms with E-state index in [2.05, 4.69) is 10.3 Å². The number of carboxylic acids is 1. The van der Waals surface area contributed by atoms with E-state index in [1.165, 1.54) is 0 Å². The minimum atomic E-state index is -1.13. The number of hydrogen-bond donors (Lipinski definition) is 2. The number of carbonyl (C=O) groups is 2. The molecule has 0 aliphatic heterocycles. The van der Waals surface area contributed by atoms with E-state index in [4.69, 9.17) is 5.11 Å². The maximum absolute atomic E-state index is 11.5. The highest BCUT2D eigenvalue weighted by Crippen LogP contribution is 2.03. The number of hydrogen-bond acceptors (Lipinski definition) is 3. The first-order valence-electron chi connectivity index (χ1n) is 4.94. The van der Waals surface area contributed by atoms with Crippen molar-refractivity contribution < 1.29 is 19.5 Å². The molecule has 1 heterocycles. The average molecular weight is 226 g/mol. The molecule has 0 bridgehead atoms. The number of carbonyl (C=O) groups excluding carboxylic acids is 1. The molecule has 88 valence electrons. The predicted octanol–water partition coefficient (Wildman–Crippen LogP) is 0.644. The molecule has 16 heavy (non-hydrogen) atoms. The molecular formula is C10H14N2O4. The first-order chi connectivity index (χ1) is 7.65. The smallest absolute Gasteiger partial charge is 0.332 e. The van der Waals surface area contributed by atoms with Crippen LogP contribution in [-0.2, 0) is 16.2 Å². The van der Waals surface area contributed by atoms with Crippen molar-refractivity contribution >= 4 is 11.9 Å². The number of carboxylic acid groups (broad SMARTS) is 1. The number of hydroxylamine groups is 1. The molecule has 0 atom stereocenters. The highest BCUT2D eigenvalue weighted by Gasteiger charge is 2.10. The second-order valence-corrected chi connectivity index (χ2v) is 3.20. The van der Waals surface area contributed by atoms with Crippen LogP contribution in [0.5, 0.6) is 0 Å². The maximum atomic E-state index is 11.5. The average Bonchev–Trinajstić information content (AvgIpc) is 2.66. The van der Waals surface area contributed by atoms with Crippen LogP contribution in [-0.4, -0.2) is 28.2 Å². The molecule has 0 radical (unpaired) electrons. The zero-order chi connectivity index (χ0) is 12.0. The molecule has 1 amide bonds. The molecular weight excluding hydrogens is 212 g/mol. The van der Waals surface area contributed by atoms with Crippen molar-refractivity contribution in [3.8, 4) is 0 Å². The Bertz CT molecular complexity index is 373. The summed E-state index contributed by atoms with van der Waals surface area (Å²) in [6.07, 6.45) is 2.69. The second-order valence-electron chi connectivity index (χ2n) is 3.20. The number of aryl methyl sites for hydroxylation is 1. The molecule has 0 aromatic carbocycles. The van der Waals surface area contributed by atoms with E-state index in [0.717, 1.165) is 13.0 Å². The minimum Gasteiger partial charge on any atom is -0.479 e. The van der Waals surface area contributed by atoms with Gasteiger partial charge in [0.15, 0.2) is 6.61 Å². The summed E-state index contributed by atoms with van der Waals surface area (Å²) in [6, 6.07) is 3.40. The van der Waals surface area contributed by atoms with Gasteiger partial charge in [-0.05, 0) is 18.6 Å². The summed E-state index contributed by atoms with van der Waals surface area (Å²) in [5.41, 5.74) is 2.53. The lowest BCUT2D eigenvalue weighted by atomic mass is 10.4. The fraction of sp³-hybridized carbons (Fsp3) is 0.400. The van der Waals surface area contributed by atoms with Crippen molar-refractivity contribution in [3.05, 3.63) is 24.0 Å². The molecule has 0 aliphatic carbocycles. The number of amides is 1. The Labute approximate surface area is 92.8 Å². The molecule has 0 saturated heterocycles. The highest BCUT2D eigenvalue weighted by atomic mass is 16.7. The van der Waals surface area contributed by atoms with Crippen molar-refractivity contribution in [2.45, 2.75) is 19.9 Å². The first-order valence-corrected chi connectivity index (χ1v) is 4.94. The number of nitrogens with one attached hydrogen (secondary N) is 1. The van der Waals surface area contributed by atoms with Crippen LogP contribution in [0.1, 0.15) is 23.8 Å². The van der Waals surface area contributed by atoms with Crippen molar-refractivity contribution in [1.82, 2.24) is 10.0 Å². The van der Waals surface area contributed by atoms with Crippen LogP contribution in [0, 0.1) is 0 Å². The summed E-state index contributed by atoms with van der Waals surface area (Å²) < 4.78 is 1.78. The van der Waals surface area contributed by atoms with Crippen molar-refractivity contribution in [3.63, 3.8) is 0 Å². The van der Waals surface area contributed by atoms with Gasteiger partial charge in [-0.2, -0.15) is 0 Å². The van der Waals surface area contributed by atoms with Crippen LogP contribution < -0.4 is 5.48 Å². The fourth-order valence-corrected chi connectivity index (χ4v) is 1.27. The van der Waals surface area contributed by atoms with Gasteiger partial charge in [0.1, 0.15) is 5.69 Å². The van der Waals surface area contributed by atoms with Gasteiger partial charge in [0.25, 0.3) is 5.91 Å². The van der Waals surface area contributed by atoms with Gasteiger partial charge >= 0.3 is 5.97 Å². The van der Waals surface area contributed by atoms with Crippen LogP contribution in [0.2, 0.25) is 0 Å². The Morgan fingerprint density at radius 2 is 2.31 bits per heavy atom. The Kier molecular flexibility index (Phi) is 4.53. The molecule has 1 aromatic rings. The van der Waals surface area contributed by atoms with Crippen molar-refractivity contribution in [1.29, 1.82) is 0 Å². The Morgan fingerprint density at radius 1 is 1.56 bits per heavy atom.